The molecule has 7 heteroatoms. The van der Waals surface area contributed by atoms with Crippen molar-refractivity contribution in [3.8, 4) is 0 Å². The van der Waals surface area contributed by atoms with E-state index in [2.05, 4.69) is 8.92 Å². The number of methoxy groups -OCH3 is 1. The molecule has 0 aliphatic carbocycles. The zero-order valence-corrected chi connectivity index (χ0v) is 12.6. The predicted octanol–water partition coefficient (Wildman–Crippen LogP) is 1.45. The minimum Gasteiger partial charge on any atom is -0.469 e. The molecule has 0 spiro atoms. The number of hydrogen-bond donors (Lipinski definition) is 0. The molecule has 0 aliphatic rings. The van der Waals surface area contributed by atoms with Crippen molar-refractivity contribution in [3.05, 3.63) is 35.9 Å². The van der Waals surface area contributed by atoms with Crippen LogP contribution in [0, 0.1) is 0 Å². The molecule has 0 fully saturated rings. The van der Waals surface area contributed by atoms with Gasteiger partial charge in [-0.25, -0.2) is 0 Å². The van der Waals surface area contributed by atoms with Gasteiger partial charge in [0.05, 0.1) is 12.9 Å². The maximum absolute atomic E-state index is 11.6. The van der Waals surface area contributed by atoms with Gasteiger partial charge in [-0.15, -0.1) is 0 Å². The molecule has 0 N–H and O–H groups in total. The van der Waals surface area contributed by atoms with Gasteiger partial charge in [-0.2, -0.15) is 8.42 Å². The lowest BCUT2D eigenvalue weighted by molar-refractivity contribution is -0.141. The third-order valence-electron chi connectivity index (χ3n) is 2.69. The van der Waals surface area contributed by atoms with E-state index in [1.807, 2.05) is 6.07 Å². The van der Waals surface area contributed by atoms with Crippen molar-refractivity contribution in [1.82, 2.24) is 0 Å². The van der Waals surface area contributed by atoms with Crippen molar-refractivity contribution in [1.29, 1.82) is 0 Å². The average molecular weight is 314 g/mol. The molecule has 0 amide bonds. The Morgan fingerprint density at radius 2 is 1.67 bits per heavy atom. The highest BCUT2D eigenvalue weighted by molar-refractivity contribution is 7.87. The number of hydrogen-bond acceptors (Lipinski definition) is 6. The largest absolute Gasteiger partial charge is 0.469 e. The molecule has 0 aromatic heterocycles. The van der Waals surface area contributed by atoms with Crippen molar-refractivity contribution in [2.45, 2.75) is 25.7 Å². The molecule has 0 saturated heterocycles. The summed E-state index contributed by atoms with van der Waals surface area (Å²) in [5, 5.41) is 0. The third kappa shape index (κ3) is 7.45. The van der Waals surface area contributed by atoms with Gasteiger partial charge >= 0.3 is 22.1 Å². The Bertz CT molecular complexity index is 564. The number of rotatable bonds is 8. The van der Waals surface area contributed by atoms with E-state index in [0.717, 1.165) is 5.56 Å². The molecule has 0 saturated carbocycles. The van der Waals surface area contributed by atoms with Crippen LogP contribution in [-0.2, 0) is 35.0 Å². The Balaban J connectivity index is 2.34. The molecule has 0 bridgehead atoms. The van der Waals surface area contributed by atoms with Crippen molar-refractivity contribution in [3.63, 3.8) is 0 Å². The fraction of sp³-hybridized carbons (Fsp3) is 0.429. The van der Waals surface area contributed by atoms with Crippen LogP contribution in [0.5, 0.6) is 0 Å². The van der Waals surface area contributed by atoms with Crippen molar-refractivity contribution in [2.75, 3.05) is 12.9 Å². The lowest BCUT2D eigenvalue weighted by atomic mass is 10.2. The van der Waals surface area contributed by atoms with Crippen LogP contribution in [0.2, 0.25) is 0 Å². The third-order valence-corrected chi connectivity index (χ3v) is 3.84. The highest BCUT2D eigenvalue weighted by Crippen LogP contribution is 2.06. The van der Waals surface area contributed by atoms with Crippen LogP contribution in [0.1, 0.15) is 24.8 Å². The molecule has 0 heterocycles. The van der Waals surface area contributed by atoms with E-state index in [0.29, 0.717) is 0 Å². The quantitative estimate of drug-likeness (QED) is 0.533. The molecule has 0 aliphatic heterocycles. The van der Waals surface area contributed by atoms with E-state index in [9.17, 15) is 18.0 Å². The van der Waals surface area contributed by atoms with Gasteiger partial charge in [0.2, 0.25) is 0 Å². The van der Waals surface area contributed by atoms with Gasteiger partial charge in [0.25, 0.3) is 0 Å². The van der Waals surface area contributed by atoms with Crippen molar-refractivity contribution < 1.29 is 26.9 Å². The van der Waals surface area contributed by atoms with Crippen molar-refractivity contribution in [2.24, 2.45) is 0 Å². The molecule has 1 aromatic carbocycles. The second-order valence-electron chi connectivity index (χ2n) is 4.38. The molecule has 116 valence electrons. The van der Waals surface area contributed by atoms with Gasteiger partial charge in [-0.1, -0.05) is 30.3 Å². The second-order valence-corrected chi connectivity index (χ2v) is 6.07. The SMILES string of the molecule is COC(=O)CCCC(=O)OS(=O)(=O)CCc1ccccc1. The van der Waals surface area contributed by atoms with Gasteiger partial charge < -0.3 is 8.92 Å². The number of aryl methyl sites for hydroxylation is 1. The number of esters is 1. The Morgan fingerprint density at radius 1 is 1.05 bits per heavy atom. The summed E-state index contributed by atoms with van der Waals surface area (Å²) in [6.07, 6.45) is 0.383. The highest BCUT2D eigenvalue weighted by atomic mass is 32.2. The summed E-state index contributed by atoms with van der Waals surface area (Å²) < 4.78 is 32.1. The number of carbonyl (C=O) groups excluding carboxylic acids is 2. The molecule has 1 rings (SSSR count). The summed E-state index contributed by atoms with van der Waals surface area (Å²) >= 11 is 0. The first-order chi connectivity index (χ1) is 9.93. The first-order valence-corrected chi connectivity index (χ1v) is 8.06. The topological polar surface area (TPSA) is 86.7 Å². The van der Waals surface area contributed by atoms with Gasteiger partial charge in [0.15, 0.2) is 0 Å². The Morgan fingerprint density at radius 3 is 2.29 bits per heavy atom. The molecule has 0 radical (unpaired) electrons. The Labute approximate surface area is 124 Å². The molecular formula is C14H18O6S. The lowest BCUT2D eigenvalue weighted by Gasteiger charge is -2.05. The van der Waals surface area contributed by atoms with E-state index < -0.39 is 22.1 Å². The summed E-state index contributed by atoms with van der Waals surface area (Å²) in [4.78, 5) is 22.2. The second kappa shape index (κ2) is 8.41. The van der Waals surface area contributed by atoms with Crippen molar-refractivity contribution >= 4 is 22.1 Å². The molecule has 0 atom stereocenters. The maximum atomic E-state index is 11.6. The minimum absolute atomic E-state index is 0.0513. The molecule has 21 heavy (non-hydrogen) atoms. The van der Waals surface area contributed by atoms with Crippen LogP contribution in [0.15, 0.2) is 30.3 Å². The zero-order chi connectivity index (χ0) is 15.7. The van der Waals surface area contributed by atoms with Crippen LogP contribution in [0.25, 0.3) is 0 Å². The van der Waals surface area contributed by atoms with E-state index in [4.69, 9.17) is 0 Å². The van der Waals surface area contributed by atoms with Gasteiger partial charge in [0.1, 0.15) is 0 Å². The molecule has 1 aromatic rings. The van der Waals surface area contributed by atoms with Crippen LogP contribution < -0.4 is 0 Å². The van der Waals surface area contributed by atoms with Crippen LogP contribution in [0.4, 0.5) is 0 Å². The Kier molecular flexibility index (Phi) is 6.87. The fourth-order valence-corrected chi connectivity index (χ4v) is 2.53. The molecule has 0 unspecified atom stereocenters. The smallest absolute Gasteiger partial charge is 0.322 e. The standard InChI is InChI=1S/C14H18O6S/c1-19-13(15)8-5-9-14(16)20-21(17,18)11-10-12-6-3-2-4-7-12/h2-4,6-7H,5,8-11H2,1H3. The maximum Gasteiger partial charge on any atom is 0.322 e. The van der Waals surface area contributed by atoms with E-state index in [1.54, 1.807) is 24.3 Å². The summed E-state index contributed by atoms with van der Waals surface area (Å²) in [5.41, 5.74) is 0.850. The number of benzene rings is 1. The summed E-state index contributed by atoms with van der Waals surface area (Å²) in [7, 11) is -2.66. The van der Waals surface area contributed by atoms with Gasteiger partial charge in [-0.05, 0) is 18.4 Å². The van der Waals surface area contributed by atoms with Crippen LogP contribution >= 0.6 is 0 Å². The average Bonchev–Trinajstić information content (AvgIpc) is 2.45. The summed E-state index contributed by atoms with van der Waals surface area (Å²) in [5.74, 6) is -1.57. The van der Waals surface area contributed by atoms with E-state index >= 15 is 0 Å². The van der Waals surface area contributed by atoms with Crippen LogP contribution in [0.3, 0.4) is 0 Å². The first-order valence-electron chi connectivity index (χ1n) is 6.48. The minimum atomic E-state index is -3.90. The predicted molar refractivity (Wildman–Crippen MR) is 75.9 cm³/mol. The lowest BCUT2D eigenvalue weighted by Crippen LogP contribution is -2.17. The highest BCUT2D eigenvalue weighted by Gasteiger charge is 2.17. The van der Waals surface area contributed by atoms with E-state index in [-0.39, 0.29) is 31.4 Å². The Hall–Kier alpha value is -1.89. The van der Waals surface area contributed by atoms with Gasteiger partial charge in [-0.3, -0.25) is 9.59 Å². The van der Waals surface area contributed by atoms with E-state index in [1.165, 1.54) is 7.11 Å². The zero-order valence-electron chi connectivity index (χ0n) is 11.8. The summed E-state index contributed by atoms with van der Waals surface area (Å²) in [6.45, 7) is 0. The normalized spacial score (nSPS) is 10.9. The molecular weight excluding hydrogens is 296 g/mol. The number of ether oxygens (including phenoxy) is 1. The van der Waals surface area contributed by atoms with Gasteiger partial charge in [0, 0.05) is 12.8 Å². The van der Waals surface area contributed by atoms with Crippen LogP contribution in [-0.4, -0.2) is 33.2 Å². The molecule has 6 nitrogen and oxygen atoms in total. The monoisotopic (exact) mass is 314 g/mol. The summed E-state index contributed by atoms with van der Waals surface area (Å²) in [6, 6.07) is 9.04. The fourth-order valence-electron chi connectivity index (χ4n) is 1.59. The first kappa shape index (κ1) is 17.2. The number of carbonyl (C=O) groups is 2.